The van der Waals surface area contributed by atoms with Gasteiger partial charge in [-0.1, -0.05) is 63.1 Å². The van der Waals surface area contributed by atoms with Gasteiger partial charge in [0.15, 0.2) is 0 Å². The van der Waals surface area contributed by atoms with Crippen molar-refractivity contribution in [2.45, 2.75) is 89.4 Å². The molecule has 4 aliphatic rings. The van der Waals surface area contributed by atoms with Gasteiger partial charge < -0.3 is 26.2 Å². The number of carbonyl (C=O) groups is 5. The number of Topliss-reactive ketones (excluding diaryl/α,β-unsaturated/α-hetero) is 1. The number of piperidine rings is 1. The van der Waals surface area contributed by atoms with Crippen molar-refractivity contribution in [1.29, 1.82) is 0 Å². The molecule has 5 rings (SSSR count). The summed E-state index contributed by atoms with van der Waals surface area (Å²) in [6.45, 7) is 12.0. The summed E-state index contributed by atoms with van der Waals surface area (Å²) in [7, 11) is 0. The van der Waals surface area contributed by atoms with Crippen molar-refractivity contribution in [2.24, 2.45) is 23.2 Å². The third-order valence-electron chi connectivity index (χ3n) is 10.5. The quantitative estimate of drug-likeness (QED) is 0.199. The predicted molar refractivity (Wildman–Crippen MR) is 171 cm³/mol. The van der Waals surface area contributed by atoms with Gasteiger partial charge >= 0.3 is 6.03 Å². The van der Waals surface area contributed by atoms with Crippen LogP contribution >= 0.6 is 0 Å². The molecule has 5 atom stereocenters. The summed E-state index contributed by atoms with van der Waals surface area (Å²) in [5.41, 5.74) is 2.17. The van der Waals surface area contributed by atoms with Gasteiger partial charge in [0.1, 0.15) is 12.1 Å². The monoisotopic (exact) mass is 617 g/mol. The van der Waals surface area contributed by atoms with Gasteiger partial charge in [-0.3, -0.25) is 19.2 Å². The number of allylic oxidation sites excluding steroid dienone is 1. The molecule has 0 aromatic heterocycles. The minimum atomic E-state index is -1.06. The molecule has 5 amide bonds. The molecule has 1 aliphatic heterocycles. The third-order valence-corrected chi connectivity index (χ3v) is 10.5. The SMILES string of the molecule is C=CCCC(NC(=O)[C@@H]1C2C(CN1C(=O)[C@@H](NC(=O)NC1CCCC1)C1Cc3ccccc3C1)C2(C)C)C(=O)C(=O)NCC=C. The van der Waals surface area contributed by atoms with Gasteiger partial charge in [0.25, 0.3) is 5.91 Å². The van der Waals surface area contributed by atoms with Crippen molar-refractivity contribution in [1.82, 2.24) is 26.2 Å². The van der Waals surface area contributed by atoms with E-state index in [1.165, 1.54) is 6.08 Å². The second-order valence-electron chi connectivity index (χ2n) is 13.7. The van der Waals surface area contributed by atoms with Crippen LogP contribution < -0.4 is 21.3 Å². The largest absolute Gasteiger partial charge is 0.346 e. The number of hydrogen-bond acceptors (Lipinski definition) is 5. The van der Waals surface area contributed by atoms with E-state index in [9.17, 15) is 24.0 Å². The molecule has 10 heteroatoms. The summed E-state index contributed by atoms with van der Waals surface area (Å²) >= 11 is 0. The molecule has 3 fully saturated rings. The summed E-state index contributed by atoms with van der Waals surface area (Å²) in [5.74, 6) is -2.43. The third kappa shape index (κ3) is 6.84. The first-order valence-electron chi connectivity index (χ1n) is 16.3. The standard InChI is InChI=1S/C35H47N5O5/c1-5-7-16-26(30(41)32(43)36-17-6-2)38-31(42)29-27-25(35(27,3)4)20-40(29)33(44)28(39-34(45)37-24-14-10-11-15-24)23-18-21-12-8-9-13-22(21)19-23/h5-6,8-9,12-13,23-29H,1-2,7,10-11,14-20H2,3-4H3,(H,36,43)(H,38,42)(H2,37,39,45)/t25?,26?,27?,28-,29-/m0/s1. The zero-order valence-electron chi connectivity index (χ0n) is 26.5. The first-order chi connectivity index (χ1) is 21.6. The fraction of sp³-hybridized carbons (Fsp3) is 0.571. The highest BCUT2D eigenvalue weighted by Crippen LogP contribution is 2.65. The van der Waals surface area contributed by atoms with Crippen LogP contribution in [-0.2, 0) is 32.0 Å². The van der Waals surface area contributed by atoms with E-state index in [-0.39, 0.29) is 54.1 Å². The van der Waals surface area contributed by atoms with Crippen molar-refractivity contribution in [3.63, 3.8) is 0 Å². The maximum absolute atomic E-state index is 14.5. The van der Waals surface area contributed by atoms with Crippen molar-refractivity contribution in [3.8, 4) is 0 Å². The van der Waals surface area contributed by atoms with Crippen LogP contribution in [0.2, 0.25) is 0 Å². The Bertz CT molecular complexity index is 1330. The van der Waals surface area contributed by atoms with Crippen LogP contribution in [0.5, 0.6) is 0 Å². The van der Waals surface area contributed by atoms with Crippen molar-refractivity contribution < 1.29 is 24.0 Å². The van der Waals surface area contributed by atoms with E-state index in [1.54, 1.807) is 11.0 Å². The van der Waals surface area contributed by atoms with Gasteiger partial charge in [-0.2, -0.15) is 0 Å². The fourth-order valence-electron chi connectivity index (χ4n) is 7.86. The van der Waals surface area contributed by atoms with Crippen molar-refractivity contribution in [3.05, 3.63) is 60.7 Å². The molecule has 3 unspecified atom stereocenters. The molecule has 2 saturated carbocycles. The molecule has 3 aliphatic carbocycles. The van der Waals surface area contributed by atoms with Crippen LogP contribution in [0.3, 0.4) is 0 Å². The van der Waals surface area contributed by atoms with E-state index in [1.807, 2.05) is 12.1 Å². The molecular weight excluding hydrogens is 570 g/mol. The van der Waals surface area contributed by atoms with E-state index < -0.39 is 35.7 Å². The Kier molecular flexibility index (Phi) is 9.79. The van der Waals surface area contributed by atoms with Crippen LogP contribution in [-0.4, -0.2) is 71.7 Å². The molecular formula is C35H47N5O5. The highest BCUT2D eigenvalue weighted by molar-refractivity contribution is 6.38. The molecule has 45 heavy (non-hydrogen) atoms. The number of urea groups is 1. The molecule has 242 valence electrons. The first-order valence-corrected chi connectivity index (χ1v) is 16.3. The Balaban J connectivity index is 1.37. The lowest BCUT2D eigenvalue weighted by atomic mass is 9.93. The van der Waals surface area contributed by atoms with E-state index in [4.69, 9.17) is 0 Å². The summed E-state index contributed by atoms with van der Waals surface area (Å²) in [6, 6.07) is 5.12. The first kappa shape index (κ1) is 32.4. The number of carbonyl (C=O) groups excluding carboxylic acids is 5. The molecule has 1 aromatic rings. The maximum atomic E-state index is 14.5. The second-order valence-corrected chi connectivity index (χ2v) is 13.7. The summed E-state index contributed by atoms with van der Waals surface area (Å²) in [6.07, 6.45) is 9.01. The molecule has 1 heterocycles. The maximum Gasteiger partial charge on any atom is 0.315 e. The fourth-order valence-corrected chi connectivity index (χ4v) is 7.86. The van der Waals surface area contributed by atoms with Gasteiger partial charge in [0.05, 0.1) is 6.04 Å². The minimum Gasteiger partial charge on any atom is -0.346 e. The average Bonchev–Trinajstić information content (AvgIpc) is 3.59. The van der Waals surface area contributed by atoms with Gasteiger partial charge in [-0.05, 0) is 72.8 Å². The Hall–Kier alpha value is -3.95. The number of ketones is 1. The summed E-state index contributed by atoms with van der Waals surface area (Å²) in [5, 5.41) is 11.4. The highest BCUT2D eigenvalue weighted by atomic mass is 16.2. The molecule has 10 nitrogen and oxygen atoms in total. The number of amides is 5. The normalized spacial score (nSPS) is 24.5. The highest BCUT2D eigenvalue weighted by Gasteiger charge is 2.69. The average molecular weight is 618 g/mol. The second kappa shape index (κ2) is 13.6. The van der Waals surface area contributed by atoms with Gasteiger partial charge in [-0.15, -0.1) is 13.2 Å². The number of nitrogens with one attached hydrogen (secondary N) is 4. The number of hydrogen-bond donors (Lipinski definition) is 4. The van der Waals surface area contributed by atoms with Crippen LogP contribution in [0.15, 0.2) is 49.6 Å². The van der Waals surface area contributed by atoms with Gasteiger partial charge in [0, 0.05) is 19.1 Å². The van der Waals surface area contributed by atoms with Crippen molar-refractivity contribution >= 4 is 29.5 Å². The molecule has 1 aromatic carbocycles. The number of benzene rings is 1. The lowest BCUT2D eigenvalue weighted by molar-refractivity contribution is -0.144. The van der Waals surface area contributed by atoms with Crippen molar-refractivity contribution in [2.75, 3.05) is 13.1 Å². The minimum absolute atomic E-state index is 0.0917. The van der Waals surface area contributed by atoms with Crippen LogP contribution in [0.25, 0.3) is 0 Å². The van der Waals surface area contributed by atoms with Crippen LogP contribution in [0.4, 0.5) is 4.79 Å². The lowest BCUT2D eigenvalue weighted by Crippen LogP contribution is -2.60. The van der Waals surface area contributed by atoms with E-state index in [0.29, 0.717) is 25.8 Å². The van der Waals surface area contributed by atoms with Crippen LogP contribution in [0, 0.1) is 23.2 Å². The van der Waals surface area contributed by atoms with E-state index >= 15 is 0 Å². The Morgan fingerprint density at radius 3 is 2.29 bits per heavy atom. The van der Waals surface area contributed by atoms with Gasteiger partial charge in [0.2, 0.25) is 17.6 Å². The molecule has 0 spiro atoms. The molecule has 4 N–H and O–H groups in total. The number of rotatable bonds is 13. The summed E-state index contributed by atoms with van der Waals surface area (Å²) in [4.78, 5) is 69.0. The molecule has 0 radical (unpaired) electrons. The Morgan fingerprint density at radius 2 is 1.67 bits per heavy atom. The number of likely N-dealkylation sites (tertiary alicyclic amines) is 1. The zero-order chi connectivity index (χ0) is 32.3. The van der Waals surface area contributed by atoms with Gasteiger partial charge in [-0.25, -0.2) is 4.79 Å². The van der Waals surface area contributed by atoms with E-state index in [2.05, 4.69) is 60.4 Å². The molecule has 0 bridgehead atoms. The number of nitrogens with zero attached hydrogens (tertiary/aromatic N) is 1. The van der Waals surface area contributed by atoms with Crippen LogP contribution in [0.1, 0.15) is 63.5 Å². The Labute approximate surface area is 265 Å². The smallest absolute Gasteiger partial charge is 0.315 e. The number of fused-ring (bicyclic) bond motifs is 2. The molecule has 1 saturated heterocycles. The topological polar surface area (TPSA) is 137 Å². The zero-order valence-corrected chi connectivity index (χ0v) is 26.5. The summed E-state index contributed by atoms with van der Waals surface area (Å²) < 4.78 is 0. The van der Waals surface area contributed by atoms with E-state index in [0.717, 1.165) is 36.8 Å². The lowest BCUT2D eigenvalue weighted by Gasteiger charge is -2.35. The predicted octanol–water partition coefficient (Wildman–Crippen LogP) is 2.82. The Morgan fingerprint density at radius 1 is 1.00 bits per heavy atom.